The number of amides is 1. The molecule has 4 rings (SSSR count). The highest BCUT2D eigenvalue weighted by Gasteiger charge is 2.27. The third-order valence-corrected chi connectivity index (χ3v) is 4.94. The fraction of sp³-hybridized carbons (Fsp3) is 0.389. The number of likely N-dealkylation sites (tertiary alicyclic amines) is 1. The highest BCUT2D eigenvalue weighted by molar-refractivity contribution is 5.98. The predicted molar refractivity (Wildman–Crippen MR) is 91.9 cm³/mol. The van der Waals surface area contributed by atoms with E-state index in [-0.39, 0.29) is 5.91 Å². The van der Waals surface area contributed by atoms with Gasteiger partial charge in [-0.05, 0) is 43.4 Å². The fourth-order valence-electron chi connectivity index (χ4n) is 3.53. The Bertz CT molecular complexity index is 857. The average Bonchev–Trinajstić information content (AvgIpc) is 3.29. The molecule has 0 saturated carbocycles. The van der Waals surface area contributed by atoms with Crippen molar-refractivity contribution in [2.45, 2.75) is 32.2 Å². The van der Waals surface area contributed by atoms with Crippen LogP contribution in [0.15, 0.2) is 36.8 Å². The molecule has 1 aliphatic heterocycles. The monoisotopic (exact) mass is 323 g/mol. The van der Waals surface area contributed by atoms with Gasteiger partial charge >= 0.3 is 0 Å². The molecule has 0 aliphatic carbocycles. The number of nitrogens with one attached hydrogen (secondary N) is 1. The molecule has 1 aromatic carbocycles. The molecule has 124 valence electrons. The van der Waals surface area contributed by atoms with Crippen molar-refractivity contribution >= 4 is 16.8 Å². The molecule has 1 amide bonds. The first kappa shape index (κ1) is 14.9. The van der Waals surface area contributed by atoms with Crippen LogP contribution in [0.1, 0.15) is 41.9 Å². The average molecular weight is 323 g/mol. The molecule has 0 radical (unpaired) electrons. The second kappa shape index (κ2) is 6.11. The van der Waals surface area contributed by atoms with Gasteiger partial charge in [-0.3, -0.25) is 4.79 Å². The molecule has 0 atom stereocenters. The zero-order chi connectivity index (χ0) is 16.5. The molecule has 24 heavy (non-hydrogen) atoms. The highest BCUT2D eigenvalue weighted by Crippen LogP contribution is 2.27. The lowest BCUT2D eigenvalue weighted by Gasteiger charge is -2.31. The molecule has 1 N–H and O–H groups in total. The lowest BCUT2D eigenvalue weighted by Crippen LogP contribution is -2.38. The number of piperidine rings is 1. The summed E-state index contributed by atoms with van der Waals surface area (Å²) in [6.07, 6.45) is 5.57. The van der Waals surface area contributed by atoms with Gasteiger partial charge in [0.25, 0.3) is 5.91 Å². The number of hydrogen-bond donors (Lipinski definition) is 1. The summed E-state index contributed by atoms with van der Waals surface area (Å²) in [5, 5.41) is 9.42. The molecule has 0 unspecified atom stereocenters. The lowest BCUT2D eigenvalue weighted by molar-refractivity contribution is 0.0710. The van der Waals surface area contributed by atoms with E-state index in [4.69, 9.17) is 0 Å². The number of hydrogen-bond acceptors (Lipinski definition) is 3. The molecule has 2 aromatic heterocycles. The summed E-state index contributed by atoms with van der Waals surface area (Å²) in [5.41, 5.74) is 1.76. The fourth-order valence-corrected chi connectivity index (χ4v) is 3.53. The van der Waals surface area contributed by atoms with E-state index >= 15 is 0 Å². The van der Waals surface area contributed by atoms with Crippen LogP contribution in [0.5, 0.6) is 0 Å². The van der Waals surface area contributed by atoms with Gasteiger partial charge in [-0.2, -0.15) is 0 Å². The smallest absolute Gasteiger partial charge is 0.253 e. The van der Waals surface area contributed by atoms with Crippen molar-refractivity contribution in [2.24, 2.45) is 0 Å². The van der Waals surface area contributed by atoms with Crippen LogP contribution in [-0.4, -0.2) is 43.6 Å². The number of aryl methyl sites for hydroxylation is 1. The number of fused-ring (bicyclic) bond motifs is 1. The quantitative estimate of drug-likeness (QED) is 0.806. The normalized spacial score (nSPS) is 16.0. The molecular formula is C18H21N5O. The van der Waals surface area contributed by atoms with E-state index in [0.29, 0.717) is 5.92 Å². The maximum absolute atomic E-state index is 12.8. The van der Waals surface area contributed by atoms with E-state index in [2.05, 4.69) is 26.7 Å². The minimum Gasteiger partial charge on any atom is -0.361 e. The molecular weight excluding hydrogens is 302 g/mol. The minimum atomic E-state index is 0.113. The SMILES string of the molecule is CCn1cnnc1C1CCN(C(=O)c2ccc3cc[nH]c3c2)CC1. The van der Waals surface area contributed by atoms with E-state index < -0.39 is 0 Å². The number of carbonyl (C=O) groups excluding carboxylic acids is 1. The second-order valence-electron chi connectivity index (χ2n) is 6.32. The van der Waals surface area contributed by atoms with Crippen LogP contribution < -0.4 is 0 Å². The zero-order valence-corrected chi connectivity index (χ0v) is 13.8. The predicted octanol–water partition coefficient (Wildman–Crippen LogP) is 2.80. The first-order chi connectivity index (χ1) is 11.8. The number of carbonyl (C=O) groups is 1. The van der Waals surface area contributed by atoms with Crippen molar-refractivity contribution in [3.05, 3.63) is 48.2 Å². The summed E-state index contributed by atoms with van der Waals surface area (Å²) in [5.74, 6) is 1.56. The van der Waals surface area contributed by atoms with Crippen molar-refractivity contribution < 1.29 is 4.79 Å². The van der Waals surface area contributed by atoms with E-state index in [1.165, 1.54) is 0 Å². The molecule has 6 heteroatoms. The van der Waals surface area contributed by atoms with Crippen molar-refractivity contribution in [1.29, 1.82) is 0 Å². The van der Waals surface area contributed by atoms with Gasteiger partial charge in [0.15, 0.2) is 0 Å². The van der Waals surface area contributed by atoms with Crippen LogP contribution in [0, 0.1) is 0 Å². The number of rotatable bonds is 3. The Morgan fingerprint density at radius 2 is 2.12 bits per heavy atom. The molecule has 6 nitrogen and oxygen atoms in total. The van der Waals surface area contributed by atoms with Crippen LogP contribution in [0.25, 0.3) is 10.9 Å². The zero-order valence-electron chi connectivity index (χ0n) is 13.8. The Labute approximate surface area is 140 Å². The van der Waals surface area contributed by atoms with Gasteiger partial charge in [-0.1, -0.05) is 6.07 Å². The maximum Gasteiger partial charge on any atom is 0.253 e. The first-order valence-electron chi connectivity index (χ1n) is 8.50. The van der Waals surface area contributed by atoms with Crippen LogP contribution in [0.4, 0.5) is 0 Å². The maximum atomic E-state index is 12.8. The van der Waals surface area contributed by atoms with Gasteiger partial charge in [0.1, 0.15) is 12.2 Å². The highest BCUT2D eigenvalue weighted by atomic mass is 16.2. The molecule has 1 fully saturated rings. The molecule has 3 heterocycles. The number of H-pyrrole nitrogens is 1. The van der Waals surface area contributed by atoms with E-state index in [1.807, 2.05) is 35.4 Å². The molecule has 3 aromatic rings. The van der Waals surface area contributed by atoms with Crippen molar-refractivity contribution in [2.75, 3.05) is 13.1 Å². The molecule has 0 bridgehead atoms. The number of benzene rings is 1. The Morgan fingerprint density at radius 1 is 1.29 bits per heavy atom. The molecule has 0 spiro atoms. The molecule has 1 saturated heterocycles. The van der Waals surface area contributed by atoms with E-state index in [0.717, 1.165) is 54.8 Å². The Hall–Kier alpha value is -2.63. The summed E-state index contributed by atoms with van der Waals surface area (Å²) in [7, 11) is 0. The van der Waals surface area contributed by atoms with Crippen molar-refractivity contribution in [3.63, 3.8) is 0 Å². The summed E-state index contributed by atoms with van der Waals surface area (Å²) in [4.78, 5) is 17.9. The van der Waals surface area contributed by atoms with Crippen molar-refractivity contribution in [3.8, 4) is 0 Å². The Morgan fingerprint density at radius 3 is 2.92 bits per heavy atom. The van der Waals surface area contributed by atoms with Crippen molar-refractivity contribution in [1.82, 2.24) is 24.6 Å². The van der Waals surface area contributed by atoms with Gasteiger partial charge in [-0.15, -0.1) is 10.2 Å². The van der Waals surface area contributed by atoms with Crippen LogP contribution >= 0.6 is 0 Å². The Kier molecular flexibility index (Phi) is 3.80. The molecule has 1 aliphatic rings. The van der Waals surface area contributed by atoms with Crippen LogP contribution in [-0.2, 0) is 6.54 Å². The topological polar surface area (TPSA) is 66.8 Å². The first-order valence-corrected chi connectivity index (χ1v) is 8.50. The van der Waals surface area contributed by atoms with E-state index in [9.17, 15) is 4.79 Å². The Balaban J connectivity index is 1.46. The summed E-state index contributed by atoms with van der Waals surface area (Å²) in [6, 6.07) is 7.87. The summed E-state index contributed by atoms with van der Waals surface area (Å²) >= 11 is 0. The lowest BCUT2D eigenvalue weighted by atomic mass is 9.95. The van der Waals surface area contributed by atoms with E-state index in [1.54, 1.807) is 6.33 Å². The summed E-state index contributed by atoms with van der Waals surface area (Å²) < 4.78 is 2.10. The minimum absolute atomic E-state index is 0.113. The van der Waals surface area contributed by atoms with Crippen LogP contribution in [0.2, 0.25) is 0 Å². The number of aromatic amines is 1. The second-order valence-corrected chi connectivity index (χ2v) is 6.32. The largest absolute Gasteiger partial charge is 0.361 e. The van der Waals surface area contributed by atoms with Gasteiger partial charge in [0.2, 0.25) is 0 Å². The van der Waals surface area contributed by atoms with Gasteiger partial charge in [0.05, 0.1) is 0 Å². The third kappa shape index (κ3) is 2.58. The third-order valence-electron chi connectivity index (χ3n) is 4.94. The number of nitrogens with zero attached hydrogens (tertiary/aromatic N) is 4. The van der Waals surface area contributed by atoms with Gasteiger partial charge < -0.3 is 14.5 Å². The van der Waals surface area contributed by atoms with Gasteiger partial charge in [0, 0.05) is 42.8 Å². The number of aromatic nitrogens is 4. The standard InChI is InChI=1S/C18H21N5O/c1-2-22-12-20-21-17(22)14-6-9-23(10-7-14)18(24)15-4-3-13-5-8-19-16(13)11-15/h3-5,8,11-12,14,19H,2,6-7,9-10H2,1H3. The summed E-state index contributed by atoms with van der Waals surface area (Å²) in [6.45, 7) is 4.52. The van der Waals surface area contributed by atoms with Gasteiger partial charge in [-0.25, -0.2) is 0 Å². The van der Waals surface area contributed by atoms with Crippen LogP contribution in [0.3, 0.4) is 0 Å².